The Morgan fingerprint density at radius 3 is 2.90 bits per heavy atom. The average molecular weight is 281 g/mol. The van der Waals surface area contributed by atoms with Crippen LogP contribution in [0.15, 0.2) is 12.3 Å². The lowest BCUT2D eigenvalue weighted by atomic mass is 9.87. The van der Waals surface area contributed by atoms with Crippen LogP contribution >= 0.6 is 0 Å². The number of hydrogen-bond acceptors (Lipinski definition) is 4. The summed E-state index contributed by atoms with van der Waals surface area (Å²) in [5.74, 6) is -0.456. The standard InChI is InChI=1S/C13H19N3O4/c1-9(10-3-6-20-7-4-10)13(19)14-11-2-5-16(15-11)8-12(17)18/h2,5,9-10H,3-4,6-8H2,1H3,(H,17,18)(H,14,15,19)/t9-/m0/s1. The molecule has 0 bridgehead atoms. The lowest BCUT2D eigenvalue weighted by Crippen LogP contribution is -2.31. The summed E-state index contributed by atoms with van der Waals surface area (Å²) in [5, 5.41) is 15.4. The van der Waals surface area contributed by atoms with Gasteiger partial charge >= 0.3 is 5.97 Å². The molecule has 7 heteroatoms. The molecule has 1 aliphatic heterocycles. The van der Waals surface area contributed by atoms with E-state index in [9.17, 15) is 9.59 Å². The number of carbonyl (C=O) groups is 2. The first-order valence-electron chi connectivity index (χ1n) is 6.70. The molecule has 1 fully saturated rings. The van der Waals surface area contributed by atoms with Crippen LogP contribution < -0.4 is 5.32 Å². The maximum absolute atomic E-state index is 12.1. The Kier molecular flexibility index (Phi) is 4.73. The summed E-state index contributed by atoms with van der Waals surface area (Å²) < 4.78 is 6.56. The van der Waals surface area contributed by atoms with E-state index >= 15 is 0 Å². The van der Waals surface area contributed by atoms with Crippen molar-refractivity contribution in [2.24, 2.45) is 11.8 Å². The third-order valence-corrected chi connectivity index (χ3v) is 3.58. The summed E-state index contributed by atoms with van der Waals surface area (Å²) in [6.07, 6.45) is 3.31. The number of nitrogens with one attached hydrogen (secondary N) is 1. The third-order valence-electron chi connectivity index (χ3n) is 3.58. The number of carboxylic acids is 1. The molecule has 110 valence electrons. The van der Waals surface area contributed by atoms with Gasteiger partial charge in [0, 0.05) is 31.4 Å². The smallest absolute Gasteiger partial charge is 0.325 e. The Hall–Kier alpha value is -1.89. The van der Waals surface area contributed by atoms with Gasteiger partial charge in [-0.1, -0.05) is 6.92 Å². The van der Waals surface area contributed by atoms with E-state index in [0.717, 1.165) is 12.8 Å². The molecule has 2 heterocycles. The second kappa shape index (κ2) is 6.51. The van der Waals surface area contributed by atoms with E-state index < -0.39 is 5.97 Å². The Bertz CT molecular complexity index is 480. The van der Waals surface area contributed by atoms with Crippen LogP contribution in [0.25, 0.3) is 0 Å². The van der Waals surface area contributed by atoms with Gasteiger partial charge in [0.25, 0.3) is 0 Å². The Labute approximate surface area is 116 Å². The van der Waals surface area contributed by atoms with Crippen LogP contribution in [0.1, 0.15) is 19.8 Å². The largest absolute Gasteiger partial charge is 0.480 e. The summed E-state index contributed by atoms with van der Waals surface area (Å²) in [7, 11) is 0. The molecule has 0 saturated carbocycles. The molecule has 1 aromatic heterocycles. The van der Waals surface area contributed by atoms with Gasteiger partial charge in [-0.25, -0.2) is 0 Å². The van der Waals surface area contributed by atoms with Crippen molar-refractivity contribution < 1.29 is 19.4 Å². The molecule has 1 atom stereocenters. The van der Waals surface area contributed by atoms with Gasteiger partial charge in [-0.2, -0.15) is 5.10 Å². The van der Waals surface area contributed by atoms with Crippen LogP contribution in [0.3, 0.4) is 0 Å². The number of aliphatic carboxylic acids is 1. The number of carbonyl (C=O) groups excluding carboxylic acids is 1. The highest BCUT2D eigenvalue weighted by Crippen LogP contribution is 2.24. The number of amides is 1. The molecular formula is C13H19N3O4. The van der Waals surface area contributed by atoms with Crippen molar-refractivity contribution in [3.63, 3.8) is 0 Å². The van der Waals surface area contributed by atoms with Crippen molar-refractivity contribution >= 4 is 17.7 Å². The molecule has 1 aromatic rings. The van der Waals surface area contributed by atoms with Crippen LogP contribution in [-0.4, -0.2) is 40.0 Å². The van der Waals surface area contributed by atoms with E-state index in [-0.39, 0.29) is 18.4 Å². The minimum absolute atomic E-state index is 0.0857. The number of nitrogens with zero attached hydrogens (tertiary/aromatic N) is 2. The van der Waals surface area contributed by atoms with Crippen molar-refractivity contribution in [2.45, 2.75) is 26.3 Å². The number of carboxylic acid groups (broad SMARTS) is 1. The normalized spacial score (nSPS) is 17.6. The Balaban J connectivity index is 1.89. The lowest BCUT2D eigenvalue weighted by Gasteiger charge is -2.26. The van der Waals surface area contributed by atoms with E-state index in [4.69, 9.17) is 9.84 Å². The zero-order chi connectivity index (χ0) is 14.5. The first kappa shape index (κ1) is 14.5. The average Bonchev–Trinajstić information content (AvgIpc) is 2.85. The van der Waals surface area contributed by atoms with E-state index in [1.807, 2.05) is 6.92 Å². The van der Waals surface area contributed by atoms with Crippen molar-refractivity contribution in [1.29, 1.82) is 0 Å². The molecule has 0 unspecified atom stereocenters. The summed E-state index contributed by atoms with van der Waals surface area (Å²) in [6.45, 7) is 3.09. The zero-order valence-corrected chi connectivity index (χ0v) is 11.4. The molecule has 0 aromatic carbocycles. The van der Waals surface area contributed by atoms with Crippen LogP contribution in [0.5, 0.6) is 0 Å². The monoisotopic (exact) mass is 281 g/mol. The van der Waals surface area contributed by atoms with E-state index in [2.05, 4.69) is 10.4 Å². The third kappa shape index (κ3) is 3.80. The number of rotatable bonds is 5. The molecule has 2 rings (SSSR count). The first-order valence-corrected chi connectivity index (χ1v) is 6.70. The second-order valence-corrected chi connectivity index (χ2v) is 5.02. The molecule has 2 N–H and O–H groups in total. The van der Waals surface area contributed by atoms with Gasteiger partial charge in [-0.15, -0.1) is 0 Å². The molecule has 0 aliphatic carbocycles. The minimum Gasteiger partial charge on any atom is -0.480 e. The molecule has 0 radical (unpaired) electrons. The van der Waals surface area contributed by atoms with Crippen LogP contribution in [0, 0.1) is 11.8 Å². The summed E-state index contributed by atoms with van der Waals surface area (Å²) in [5.41, 5.74) is 0. The van der Waals surface area contributed by atoms with E-state index in [0.29, 0.717) is 24.9 Å². The van der Waals surface area contributed by atoms with Crippen LogP contribution in [-0.2, 0) is 20.9 Å². The van der Waals surface area contributed by atoms with Crippen molar-refractivity contribution in [3.05, 3.63) is 12.3 Å². The van der Waals surface area contributed by atoms with Crippen molar-refractivity contribution in [2.75, 3.05) is 18.5 Å². The fourth-order valence-corrected chi connectivity index (χ4v) is 2.32. The molecular weight excluding hydrogens is 262 g/mol. The molecule has 1 amide bonds. The van der Waals surface area contributed by atoms with Gasteiger partial charge in [0.05, 0.1) is 0 Å². The van der Waals surface area contributed by atoms with Gasteiger partial charge in [-0.05, 0) is 18.8 Å². The molecule has 0 spiro atoms. The number of anilines is 1. The highest BCUT2D eigenvalue weighted by atomic mass is 16.5. The number of ether oxygens (including phenoxy) is 1. The summed E-state index contributed by atoms with van der Waals surface area (Å²) in [6, 6.07) is 1.59. The highest BCUT2D eigenvalue weighted by Gasteiger charge is 2.26. The zero-order valence-electron chi connectivity index (χ0n) is 11.4. The Morgan fingerprint density at radius 2 is 2.25 bits per heavy atom. The second-order valence-electron chi connectivity index (χ2n) is 5.02. The van der Waals surface area contributed by atoms with Gasteiger partial charge in [0.1, 0.15) is 6.54 Å². The molecule has 20 heavy (non-hydrogen) atoms. The molecule has 7 nitrogen and oxygen atoms in total. The predicted molar refractivity (Wildman–Crippen MR) is 71.2 cm³/mol. The SMILES string of the molecule is C[C@H](C(=O)Nc1ccn(CC(=O)O)n1)C1CCOCC1. The molecule has 1 aliphatic rings. The topological polar surface area (TPSA) is 93.5 Å². The van der Waals surface area contributed by atoms with Gasteiger partial charge in [0.2, 0.25) is 5.91 Å². The Morgan fingerprint density at radius 1 is 1.55 bits per heavy atom. The van der Waals surface area contributed by atoms with Crippen molar-refractivity contribution in [3.8, 4) is 0 Å². The maximum Gasteiger partial charge on any atom is 0.325 e. The fourth-order valence-electron chi connectivity index (χ4n) is 2.32. The first-order chi connectivity index (χ1) is 9.56. The van der Waals surface area contributed by atoms with Gasteiger partial charge < -0.3 is 15.2 Å². The van der Waals surface area contributed by atoms with Crippen LogP contribution in [0.4, 0.5) is 5.82 Å². The fraction of sp³-hybridized carbons (Fsp3) is 0.615. The minimum atomic E-state index is -0.971. The van der Waals surface area contributed by atoms with Crippen molar-refractivity contribution in [1.82, 2.24) is 9.78 Å². The number of hydrogen-bond donors (Lipinski definition) is 2. The summed E-state index contributed by atoms with van der Waals surface area (Å²) in [4.78, 5) is 22.7. The lowest BCUT2D eigenvalue weighted by molar-refractivity contribution is -0.137. The van der Waals surface area contributed by atoms with Crippen LogP contribution in [0.2, 0.25) is 0 Å². The van der Waals surface area contributed by atoms with E-state index in [1.165, 1.54) is 10.9 Å². The maximum atomic E-state index is 12.1. The van der Waals surface area contributed by atoms with Gasteiger partial charge in [0.15, 0.2) is 5.82 Å². The molecule has 1 saturated heterocycles. The predicted octanol–water partition coefficient (Wildman–Crippen LogP) is 0.969. The number of aromatic nitrogens is 2. The van der Waals surface area contributed by atoms with E-state index in [1.54, 1.807) is 6.07 Å². The quantitative estimate of drug-likeness (QED) is 0.838. The summed E-state index contributed by atoms with van der Waals surface area (Å²) >= 11 is 0. The highest BCUT2D eigenvalue weighted by molar-refractivity contribution is 5.91. The van der Waals surface area contributed by atoms with Gasteiger partial charge in [-0.3, -0.25) is 14.3 Å².